The van der Waals surface area contributed by atoms with Crippen LogP contribution < -0.4 is 4.72 Å². The van der Waals surface area contributed by atoms with Crippen LogP contribution in [0.15, 0.2) is 41.6 Å². The summed E-state index contributed by atoms with van der Waals surface area (Å²) in [7, 11) is -3.67. The third-order valence-electron chi connectivity index (χ3n) is 3.21. The lowest BCUT2D eigenvalue weighted by atomic mass is 10.2. The summed E-state index contributed by atoms with van der Waals surface area (Å²) < 4.78 is 27.3. The van der Waals surface area contributed by atoms with Crippen LogP contribution in [0, 0.1) is 25.2 Å². The van der Waals surface area contributed by atoms with E-state index in [4.69, 9.17) is 5.26 Å². The molecule has 0 saturated carbocycles. The van der Waals surface area contributed by atoms with Gasteiger partial charge in [0.05, 0.1) is 16.5 Å². The number of nitrogens with one attached hydrogen (secondary N) is 1. The molecule has 0 fully saturated rings. The molecule has 0 spiro atoms. The van der Waals surface area contributed by atoms with Gasteiger partial charge < -0.3 is 0 Å². The van der Waals surface area contributed by atoms with E-state index in [0.29, 0.717) is 11.1 Å². The molecule has 21 heavy (non-hydrogen) atoms. The maximum atomic E-state index is 12.4. The highest BCUT2D eigenvalue weighted by atomic mass is 32.2. The Labute approximate surface area is 124 Å². The van der Waals surface area contributed by atoms with Gasteiger partial charge in [0.2, 0.25) is 10.0 Å². The van der Waals surface area contributed by atoms with E-state index in [9.17, 15) is 8.42 Å². The normalized spacial score (nSPS) is 11.1. The summed E-state index contributed by atoms with van der Waals surface area (Å²) in [6.07, 6.45) is 3.30. The second-order valence-corrected chi connectivity index (χ2v) is 6.45. The van der Waals surface area contributed by atoms with Crippen LogP contribution in [-0.2, 0) is 16.6 Å². The standard InChI is InChI=1S/C15H15N3O2S/c1-11-5-6-17-9-14(11)10-18-21(19,20)15-7-13(8-16)4-3-12(15)2/h3-7,9,18H,10H2,1-2H3. The molecule has 108 valence electrons. The smallest absolute Gasteiger partial charge is 0.241 e. The van der Waals surface area contributed by atoms with Crippen molar-refractivity contribution in [1.82, 2.24) is 9.71 Å². The zero-order chi connectivity index (χ0) is 15.5. The second-order valence-electron chi connectivity index (χ2n) is 4.72. The van der Waals surface area contributed by atoms with Crippen LogP contribution in [-0.4, -0.2) is 13.4 Å². The Morgan fingerprint density at radius 1 is 1.24 bits per heavy atom. The van der Waals surface area contributed by atoms with Crippen LogP contribution in [0.1, 0.15) is 22.3 Å². The minimum absolute atomic E-state index is 0.128. The number of pyridine rings is 1. The maximum absolute atomic E-state index is 12.4. The maximum Gasteiger partial charge on any atom is 0.241 e. The molecule has 0 unspecified atom stereocenters. The van der Waals surface area contributed by atoms with Crippen molar-refractivity contribution in [3.63, 3.8) is 0 Å². The highest BCUT2D eigenvalue weighted by Gasteiger charge is 2.17. The van der Waals surface area contributed by atoms with Gasteiger partial charge in [-0.05, 0) is 48.7 Å². The van der Waals surface area contributed by atoms with Crippen LogP contribution in [0.4, 0.5) is 0 Å². The van der Waals surface area contributed by atoms with Crippen LogP contribution >= 0.6 is 0 Å². The first kappa shape index (κ1) is 15.2. The van der Waals surface area contributed by atoms with Crippen LogP contribution in [0.25, 0.3) is 0 Å². The minimum Gasteiger partial charge on any atom is -0.264 e. The first-order chi connectivity index (χ1) is 9.94. The van der Waals surface area contributed by atoms with Gasteiger partial charge in [-0.3, -0.25) is 4.98 Å². The van der Waals surface area contributed by atoms with Gasteiger partial charge in [-0.1, -0.05) is 6.07 Å². The Balaban J connectivity index is 2.28. The number of benzene rings is 1. The van der Waals surface area contributed by atoms with E-state index >= 15 is 0 Å². The van der Waals surface area contributed by atoms with Gasteiger partial charge in [0.15, 0.2) is 0 Å². The van der Waals surface area contributed by atoms with Crippen molar-refractivity contribution in [3.05, 3.63) is 58.9 Å². The van der Waals surface area contributed by atoms with E-state index in [1.165, 1.54) is 6.07 Å². The van der Waals surface area contributed by atoms with Crippen molar-refractivity contribution in [1.29, 1.82) is 5.26 Å². The van der Waals surface area contributed by atoms with E-state index in [1.807, 2.05) is 19.1 Å². The van der Waals surface area contributed by atoms with Gasteiger partial charge in [0.1, 0.15) is 0 Å². The Bertz CT molecular complexity index is 808. The Kier molecular flexibility index (Phi) is 4.36. The lowest BCUT2D eigenvalue weighted by molar-refractivity contribution is 0.580. The highest BCUT2D eigenvalue weighted by molar-refractivity contribution is 7.89. The molecule has 2 rings (SSSR count). The molecule has 6 heteroatoms. The van der Waals surface area contributed by atoms with E-state index in [1.54, 1.807) is 31.5 Å². The number of sulfonamides is 1. The largest absolute Gasteiger partial charge is 0.264 e. The first-order valence-corrected chi connectivity index (χ1v) is 7.82. The molecular weight excluding hydrogens is 286 g/mol. The number of nitriles is 1. The average molecular weight is 301 g/mol. The molecular formula is C15H15N3O2S. The molecule has 0 aliphatic heterocycles. The summed E-state index contributed by atoms with van der Waals surface area (Å²) in [6, 6.07) is 8.38. The number of aromatic nitrogens is 1. The van der Waals surface area contributed by atoms with Gasteiger partial charge in [0, 0.05) is 18.9 Å². The van der Waals surface area contributed by atoms with Crippen LogP contribution in [0.5, 0.6) is 0 Å². The summed E-state index contributed by atoms with van der Waals surface area (Å²) >= 11 is 0. The second kappa shape index (κ2) is 6.04. The first-order valence-electron chi connectivity index (χ1n) is 6.34. The zero-order valence-corrected chi connectivity index (χ0v) is 12.6. The molecule has 0 aliphatic rings. The van der Waals surface area contributed by atoms with Crippen molar-refractivity contribution in [2.45, 2.75) is 25.3 Å². The van der Waals surface area contributed by atoms with Crippen molar-refractivity contribution in [3.8, 4) is 6.07 Å². The predicted octanol–water partition coefficient (Wildman–Crippen LogP) is 2.05. The van der Waals surface area contributed by atoms with Gasteiger partial charge in [-0.25, -0.2) is 13.1 Å². The lowest BCUT2D eigenvalue weighted by Gasteiger charge is -2.10. The lowest BCUT2D eigenvalue weighted by Crippen LogP contribution is -2.24. The van der Waals surface area contributed by atoms with E-state index in [0.717, 1.165) is 11.1 Å². The van der Waals surface area contributed by atoms with E-state index in [2.05, 4.69) is 9.71 Å². The van der Waals surface area contributed by atoms with Crippen molar-refractivity contribution < 1.29 is 8.42 Å². The predicted molar refractivity (Wildman–Crippen MR) is 78.9 cm³/mol. The molecule has 0 bridgehead atoms. The number of rotatable bonds is 4. The summed E-state index contributed by atoms with van der Waals surface area (Å²) in [5, 5.41) is 8.89. The topological polar surface area (TPSA) is 82.8 Å². The summed E-state index contributed by atoms with van der Waals surface area (Å²) in [5.74, 6) is 0. The molecule has 1 N–H and O–H groups in total. The minimum atomic E-state index is -3.67. The van der Waals surface area contributed by atoms with Crippen LogP contribution in [0.2, 0.25) is 0 Å². The molecule has 1 heterocycles. The molecule has 0 aliphatic carbocycles. The molecule has 2 aromatic rings. The zero-order valence-electron chi connectivity index (χ0n) is 11.8. The number of aryl methyl sites for hydroxylation is 2. The molecule has 0 atom stereocenters. The summed E-state index contributed by atoms with van der Waals surface area (Å²) in [5.41, 5.74) is 2.70. The monoisotopic (exact) mass is 301 g/mol. The number of hydrogen-bond donors (Lipinski definition) is 1. The third-order valence-corrected chi connectivity index (χ3v) is 4.75. The van der Waals surface area contributed by atoms with Crippen LogP contribution in [0.3, 0.4) is 0 Å². The molecule has 1 aromatic carbocycles. The molecule has 0 amide bonds. The van der Waals surface area contributed by atoms with Gasteiger partial charge in [-0.2, -0.15) is 5.26 Å². The summed E-state index contributed by atoms with van der Waals surface area (Å²) in [4.78, 5) is 4.11. The Morgan fingerprint density at radius 3 is 2.67 bits per heavy atom. The Hall–Kier alpha value is -2.23. The van der Waals surface area contributed by atoms with Crippen molar-refractivity contribution in [2.24, 2.45) is 0 Å². The number of nitrogens with zero attached hydrogens (tertiary/aromatic N) is 2. The van der Waals surface area contributed by atoms with E-state index < -0.39 is 10.0 Å². The third kappa shape index (κ3) is 3.45. The fourth-order valence-corrected chi connectivity index (χ4v) is 3.17. The number of hydrogen-bond acceptors (Lipinski definition) is 4. The van der Waals surface area contributed by atoms with Crippen molar-refractivity contribution in [2.75, 3.05) is 0 Å². The average Bonchev–Trinajstić information content (AvgIpc) is 2.47. The fraction of sp³-hybridized carbons (Fsp3) is 0.200. The highest BCUT2D eigenvalue weighted by Crippen LogP contribution is 2.17. The molecule has 1 aromatic heterocycles. The van der Waals surface area contributed by atoms with E-state index in [-0.39, 0.29) is 11.4 Å². The van der Waals surface area contributed by atoms with Gasteiger partial charge in [-0.15, -0.1) is 0 Å². The SMILES string of the molecule is Cc1ccncc1CNS(=O)(=O)c1cc(C#N)ccc1C. The van der Waals surface area contributed by atoms with Crippen molar-refractivity contribution >= 4 is 10.0 Å². The fourth-order valence-electron chi connectivity index (χ4n) is 1.89. The summed E-state index contributed by atoms with van der Waals surface area (Å²) in [6.45, 7) is 3.76. The molecule has 0 radical (unpaired) electrons. The van der Waals surface area contributed by atoms with Gasteiger partial charge >= 0.3 is 0 Å². The molecule has 0 saturated heterocycles. The Morgan fingerprint density at radius 2 is 2.00 bits per heavy atom. The quantitative estimate of drug-likeness (QED) is 0.937. The van der Waals surface area contributed by atoms with Gasteiger partial charge in [0.25, 0.3) is 0 Å². The molecule has 5 nitrogen and oxygen atoms in total.